The Kier molecular flexibility index (Phi) is 5.73. The predicted molar refractivity (Wildman–Crippen MR) is 115 cm³/mol. The lowest BCUT2D eigenvalue weighted by Crippen LogP contribution is -2.65. The molecule has 1 N–H and O–H groups in total. The summed E-state index contributed by atoms with van der Waals surface area (Å²) in [7, 11) is 3.96. The Bertz CT molecular complexity index is 896. The van der Waals surface area contributed by atoms with Gasteiger partial charge in [-0.3, -0.25) is 9.59 Å². The van der Waals surface area contributed by atoms with Gasteiger partial charge in [-0.25, -0.2) is 0 Å². The average Bonchev–Trinajstić information content (AvgIpc) is 3.38. The largest absolute Gasteiger partial charge is 0.463 e. The van der Waals surface area contributed by atoms with Gasteiger partial charge in [0.2, 0.25) is 5.91 Å². The number of rotatable bonds is 6. The Morgan fingerprint density at radius 1 is 1.20 bits per heavy atom. The number of carbonyl (C=O) groups is 2. The first-order valence-corrected chi connectivity index (χ1v) is 10.9. The Balaban J connectivity index is 1.68. The van der Waals surface area contributed by atoms with Crippen LogP contribution >= 0.6 is 0 Å². The third-order valence-corrected chi connectivity index (χ3v) is 6.48. The van der Waals surface area contributed by atoms with Crippen LogP contribution in [0.25, 0.3) is 11.5 Å². The standard InChI is InChI=1S/C23H32N4O3/c1-23(22(29)24-17-8-5-4-6-9-17)16-26-18(20-10-7-15-30-20)11-12-19(26)21(28)27(23)14-13-25(2)3/h7,10-12,15,17H,4-6,8-9,13-14,16H2,1-3H3,(H,24,29)/t23-/m0/s1. The molecular weight excluding hydrogens is 380 g/mol. The molecule has 2 aliphatic rings. The van der Waals surface area contributed by atoms with Gasteiger partial charge in [0.05, 0.1) is 18.5 Å². The summed E-state index contributed by atoms with van der Waals surface area (Å²) in [6.45, 7) is 3.50. The van der Waals surface area contributed by atoms with Crippen LogP contribution in [0.3, 0.4) is 0 Å². The molecule has 0 spiro atoms. The van der Waals surface area contributed by atoms with Crippen molar-refractivity contribution in [2.24, 2.45) is 0 Å². The van der Waals surface area contributed by atoms with Crippen LogP contribution in [0.15, 0.2) is 34.9 Å². The Hall–Kier alpha value is -2.54. The normalized spacial score (nSPS) is 22.4. The second-order valence-electron chi connectivity index (χ2n) is 9.01. The third-order valence-electron chi connectivity index (χ3n) is 6.48. The summed E-state index contributed by atoms with van der Waals surface area (Å²) in [4.78, 5) is 30.9. The van der Waals surface area contributed by atoms with Gasteiger partial charge in [-0.2, -0.15) is 0 Å². The van der Waals surface area contributed by atoms with Gasteiger partial charge in [0.1, 0.15) is 17.0 Å². The van der Waals surface area contributed by atoms with E-state index >= 15 is 0 Å². The molecule has 0 saturated heterocycles. The number of amides is 2. The van der Waals surface area contributed by atoms with Crippen LogP contribution < -0.4 is 5.32 Å². The maximum absolute atomic E-state index is 13.6. The fourth-order valence-electron chi connectivity index (χ4n) is 4.65. The van der Waals surface area contributed by atoms with Crippen LogP contribution in [0.1, 0.15) is 49.5 Å². The molecule has 2 aromatic rings. The van der Waals surface area contributed by atoms with Crippen molar-refractivity contribution in [3.63, 3.8) is 0 Å². The van der Waals surface area contributed by atoms with E-state index in [1.807, 2.05) is 54.8 Å². The predicted octanol–water partition coefficient (Wildman–Crippen LogP) is 2.97. The number of hydrogen-bond acceptors (Lipinski definition) is 4. The third kappa shape index (κ3) is 3.78. The summed E-state index contributed by atoms with van der Waals surface area (Å²) in [5, 5.41) is 3.26. The van der Waals surface area contributed by atoms with Gasteiger partial charge in [0.25, 0.3) is 5.91 Å². The zero-order valence-electron chi connectivity index (χ0n) is 18.2. The summed E-state index contributed by atoms with van der Waals surface area (Å²) in [6.07, 6.45) is 7.18. The van der Waals surface area contributed by atoms with E-state index in [9.17, 15) is 9.59 Å². The van der Waals surface area contributed by atoms with Crippen molar-refractivity contribution < 1.29 is 14.0 Å². The fourth-order valence-corrected chi connectivity index (χ4v) is 4.65. The van der Waals surface area contributed by atoms with E-state index in [2.05, 4.69) is 5.32 Å². The Morgan fingerprint density at radius 3 is 2.60 bits per heavy atom. The minimum Gasteiger partial charge on any atom is -0.463 e. The molecule has 1 saturated carbocycles. The molecule has 7 heteroatoms. The zero-order valence-corrected chi connectivity index (χ0v) is 18.2. The molecule has 1 fully saturated rings. The Morgan fingerprint density at radius 2 is 1.93 bits per heavy atom. The average molecular weight is 413 g/mol. The highest BCUT2D eigenvalue weighted by atomic mass is 16.3. The van der Waals surface area contributed by atoms with Gasteiger partial charge in [-0.1, -0.05) is 19.3 Å². The van der Waals surface area contributed by atoms with Crippen molar-refractivity contribution in [1.29, 1.82) is 0 Å². The molecule has 3 heterocycles. The molecule has 0 aromatic carbocycles. The molecule has 0 radical (unpaired) electrons. The smallest absolute Gasteiger partial charge is 0.271 e. The molecular formula is C23H32N4O3. The van der Waals surface area contributed by atoms with E-state index in [4.69, 9.17) is 4.42 Å². The molecule has 1 aliphatic heterocycles. The molecule has 2 aromatic heterocycles. The molecule has 4 rings (SSSR count). The van der Waals surface area contributed by atoms with Gasteiger partial charge in [-0.05, 0) is 58.1 Å². The first-order valence-electron chi connectivity index (χ1n) is 10.9. The number of furan rings is 1. The van der Waals surface area contributed by atoms with Crippen LogP contribution in [0.2, 0.25) is 0 Å². The minimum atomic E-state index is -0.960. The number of nitrogens with zero attached hydrogens (tertiary/aromatic N) is 3. The zero-order chi connectivity index (χ0) is 21.3. The first kappa shape index (κ1) is 20.7. The van der Waals surface area contributed by atoms with Gasteiger partial charge >= 0.3 is 0 Å². The summed E-state index contributed by atoms with van der Waals surface area (Å²) >= 11 is 0. The topological polar surface area (TPSA) is 70.7 Å². The number of hydrogen-bond donors (Lipinski definition) is 1. The lowest BCUT2D eigenvalue weighted by Gasteiger charge is -2.45. The first-order chi connectivity index (χ1) is 14.4. The van der Waals surface area contributed by atoms with E-state index in [0.717, 1.165) is 31.4 Å². The molecule has 30 heavy (non-hydrogen) atoms. The second kappa shape index (κ2) is 8.30. The molecule has 1 aliphatic carbocycles. The molecule has 162 valence electrons. The van der Waals surface area contributed by atoms with Gasteiger partial charge in [0, 0.05) is 19.1 Å². The molecule has 0 bridgehead atoms. The van der Waals surface area contributed by atoms with Crippen LogP contribution in [-0.4, -0.2) is 64.9 Å². The van der Waals surface area contributed by atoms with Crippen molar-refractivity contribution >= 4 is 11.8 Å². The summed E-state index contributed by atoms with van der Waals surface area (Å²) in [6, 6.07) is 7.65. The number of likely N-dealkylation sites (N-methyl/N-ethyl adjacent to an activating group) is 1. The van der Waals surface area contributed by atoms with E-state index < -0.39 is 5.54 Å². The maximum atomic E-state index is 13.6. The van der Waals surface area contributed by atoms with Gasteiger partial charge in [0.15, 0.2) is 0 Å². The molecule has 7 nitrogen and oxygen atoms in total. The van der Waals surface area contributed by atoms with Gasteiger partial charge in [-0.15, -0.1) is 0 Å². The highest BCUT2D eigenvalue weighted by molar-refractivity contribution is 6.00. The highest BCUT2D eigenvalue weighted by Crippen LogP contribution is 2.33. The summed E-state index contributed by atoms with van der Waals surface area (Å²) in [5.74, 6) is 0.527. The number of aromatic nitrogens is 1. The van der Waals surface area contributed by atoms with Crippen LogP contribution in [0, 0.1) is 0 Å². The van der Waals surface area contributed by atoms with E-state index in [1.54, 1.807) is 11.2 Å². The SMILES string of the molecule is CN(C)CCN1C(=O)c2ccc(-c3ccco3)n2C[C@@]1(C)C(=O)NC1CCCCC1. The molecule has 0 unspecified atom stereocenters. The van der Waals surface area contributed by atoms with Crippen molar-refractivity contribution in [1.82, 2.24) is 19.7 Å². The minimum absolute atomic E-state index is 0.0637. The van der Waals surface area contributed by atoms with Crippen LogP contribution in [-0.2, 0) is 11.3 Å². The van der Waals surface area contributed by atoms with Crippen molar-refractivity contribution in [3.8, 4) is 11.5 Å². The quantitative estimate of drug-likeness (QED) is 0.792. The number of fused-ring (bicyclic) bond motifs is 1. The lowest BCUT2D eigenvalue weighted by atomic mass is 9.91. The van der Waals surface area contributed by atoms with Crippen molar-refractivity contribution in [2.75, 3.05) is 27.2 Å². The summed E-state index contributed by atoms with van der Waals surface area (Å²) in [5.41, 5.74) is 0.466. The number of carbonyl (C=O) groups excluding carboxylic acids is 2. The van der Waals surface area contributed by atoms with Crippen molar-refractivity contribution in [2.45, 2.75) is 57.2 Å². The fraction of sp³-hybridized carbons (Fsp3) is 0.565. The van der Waals surface area contributed by atoms with E-state index in [1.165, 1.54) is 6.42 Å². The Labute approximate surface area is 178 Å². The molecule has 1 atom stereocenters. The molecule has 2 amide bonds. The second-order valence-corrected chi connectivity index (χ2v) is 9.01. The maximum Gasteiger partial charge on any atom is 0.271 e. The lowest BCUT2D eigenvalue weighted by molar-refractivity contribution is -0.133. The monoisotopic (exact) mass is 412 g/mol. The van der Waals surface area contributed by atoms with Crippen molar-refractivity contribution in [3.05, 3.63) is 36.2 Å². The number of nitrogens with one attached hydrogen (secondary N) is 1. The summed E-state index contributed by atoms with van der Waals surface area (Å²) < 4.78 is 7.52. The van der Waals surface area contributed by atoms with Crippen LogP contribution in [0.4, 0.5) is 0 Å². The van der Waals surface area contributed by atoms with E-state index in [0.29, 0.717) is 31.1 Å². The van der Waals surface area contributed by atoms with E-state index in [-0.39, 0.29) is 17.9 Å². The van der Waals surface area contributed by atoms with Crippen LogP contribution in [0.5, 0.6) is 0 Å². The highest BCUT2D eigenvalue weighted by Gasteiger charge is 2.48. The van der Waals surface area contributed by atoms with Gasteiger partial charge < -0.3 is 24.1 Å².